The summed E-state index contributed by atoms with van der Waals surface area (Å²) in [5, 5.41) is 10.3. The minimum Gasteiger partial charge on any atom is -0.336 e. The first-order valence-corrected chi connectivity index (χ1v) is 7.71. The molecule has 0 saturated heterocycles. The fraction of sp³-hybridized carbons (Fsp3) is 0.438. The van der Waals surface area contributed by atoms with E-state index in [2.05, 4.69) is 34.6 Å². The van der Waals surface area contributed by atoms with E-state index in [1.807, 2.05) is 29.1 Å². The van der Waals surface area contributed by atoms with E-state index >= 15 is 0 Å². The van der Waals surface area contributed by atoms with Crippen LogP contribution in [0.5, 0.6) is 0 Å². The third-order valence-electron chi connectivity index (χ3n) is 3.56. The van der Waals surface area contributed by atoms with Gasteiger partial charge in [0, 0.05) is 36.7 Å². The average molecular weight is 301 g/mol. The average Bonchev–Trinajstić information content (AvgIpc) is 3.02. The number of nitrogens with one attached hydrogen (secondary N) is 2. The van der Waals surface area contributed by atoms with E-state index < -0.39 is 0 Å². The summed E-state index contributed by atoms with van der Waals surface area (Å²) in [6.07, 6.45) is 7.29. The van der Waals surface area contributed by atoms with Crippen molar-refractivity contribution in [3.05, 3.63) is 36.8 Å². The molecule has 0 aliphatic carbocycles. The van der Waals surface area contributed by atoms with Gasteiger partial charge in [0.05, 0.1) is 12.2 Å². The Balaban J connectivity index is 1.78. The summed E-state index contributed by atoms with van der Waals surface area (Å²) in [5.41, 5.74) is 1.94. The van der Waals surface area contributed by atoms with Gasteiger partial charge in [-0.3, -0.25) is 9.67 Å². The summed E-state index contributed by atoms with van der Waals surface area (Å²) in [4.78, 5) is 15.7. The second kappa shape index (κ2) is 8.17. The Labute approximate surface area is 130 Å². The van der Waals surface area contributed by atoms with Gasteiger partial charge in [0.2, 0.25) is 0 Å². The zero-order valence-electron chi connectivity index (χ0n) is 13.1. The molecule has 2 N–H and O–H groups in total. The van der Waals surface area contributed by atoms with Crippen molar-refractivity contribution in [3.63, 3.8) is 0 Å². The van der Waals surface area contributed by atoms with Gasteiger partial charge in [0.1, 0.15) is 0 Å². The van der Waals surface area contributed by atoms with E-state index in [1.165, 1.54) is 0 Å². The summed E-state index contributed by atoms with van der Waals surface area (Å²) in [7, 11) is 0. The molecular formula is C16H23N5O. The fourth-order valence-electron chi connectivity index (χ4n) is 2.18. The number of hydrogen-bond acceptors (Lipinski definition) is 3. The van der Waals surface area contributed by atoms with E-state index in [4.69, 9.17) is 0 Å². The Morgan fingerprint density at radius 2 is 1.95 bits per heavy atom. The molecular weight excluding hydrogens is 278 g/mol. The lowest BCUT2D eigenvalue weighted by molar-refractivity contribution is 0.235. The molecule has 0 radical (unpaired) electrons. The number of carbonyl (C=O) groups is 1. The molecule has 2 aromatic heterocycles. The Bertz CT molecular complexity index is 577. The SMILES string of the molecule is CCC(CC)NC(=O)NCCn1ccc(-c2ccncc2)n1. The number of carbonyl (C=O) groups excluding carboxylic acids is 1. The molecule has 6 heteroatoms. The molecule has 0 spiro atoms. The van der Waals surface area contributed by atoms with Crippen molar-refractivity contribution in [2.75, 3.05) is 6.54 Å². The zero-order chi connectivity index (χ0) is 15.8. The van der Waals surface area contributed by atoms with Crippen LogP contribution in [-0.4, -0.2) is 33.4 Å². The van der Waals surface area contributed by atoms with Crippen molar-refractivity contribution in [3.8, 4) is 11.3 Å². The number of pyridine rings is 1. The monoisotopic (exact) mass is 301 g/mol. The quantitative estimate of drug-likeness (QED) is 0.825. The van der Waals surface area contributed by atoms with Gasteiger partial charge in [-0.25, -0.2) is 4.79 Å². The fourth-order valence-corrected chi connectivity index (χ4v) is 2.18. The minimum absolute atomic E-state index is 0.116. The lowest BCUT2D eigenvalue weighted by Crippen LogP contribution is -2.42. The third kappa shape index (κ3) is 4.58. The normalized spacial score (nSPS) is 10.7. The third-order valence-corrected chi connectivity index (χ3v) is 3.56. The van der Waals surface area contributed by atoms with Gasteiger partial charge in [0.25, 0.3) is 0 Å². The van der Waals surface area contributed by atoms with Crippen LogP contribution in [0.25, 0.3) is 11.3 Å². The number of urea groups is 1. The van der Waals surface area contributed by atoms with Gasteiger partial charge < -0.3 is 10.6 Å². The highest BCUT2D eigenvalue weighted by atomic mass is 16.2. The molecule has 22 heavy (non-hydrogen) atoms. The van der Waals surface area contributed by atoms with E-state index in [0.717, 1.165) is 24.1 Å². The van der Waals surface area contributed by atoms with Crippen molar-refractivity contribution in [2.24, 2.45) is 0 Å². The largest absolute Gasteiger partial charge is 0.336 e. The van der Waals surface area contributed by atoms with Gasteiger partial charge in [-0.2, -0.15) is 5.10 Å². The van der Waals surface area contributed by atoms with Crippen LogP contribution >= 0.6 is 0 Å². The maximum Gasteiger partial charge on any atom is 0.315 e. The number of nitrogens with zero attached hydrogens (tertiary/aromatic N) is 3. The second-order valence-corrected chi connectivity index (χ2v) is 5.11. The predicted octanol–water partition coefficient (Wildman–Crippen LogP) is 2.43. The lowest BCUT2D eigenvalue weighted by Gasteiger charge is -2.15. The van der Waals surface area contributed by atoms with Gasteiger partial charge in [-0.05, 0) is 31.0 Å². The number of rotatable bonds is 7. The molecule has 0 atom stereocenters. The van der Waals surface area contributed by atoms with Crippen molar-refractivity contribution < 1.29 is 4.79 Å². The molecule has 2 rings (SSSR count). The highest BCUT2D eigenvalue weighted by molar-refractivity contribution is 5.74. The second-order valence-electron chi connectivity index (χ2n) is 5.11. The van der Waals surface area contributed by atoms with E-state index in [9.17, 15) is 4.79 Å². The summed E-state index contributed by atoms with van der Waals surface area (Å²) >= 11 is 0. The molecule has 0 saturated carbocycles. The first-order valence-electron chi connectivity index (χ1n) is 7.71. The van der Waals surface area contributed by atoms with Gasteiger partial charge in [-0.1, -0.05) is 13.8 Å². The van der Waals surface area contributed by atoms with E-state index in [0.29, 0.717) is 13.1 Å². The Morgan fingerprint density at radius 3 is 2.64 bits per heavy atom. The Hall–Kier alpha value is -2.37. The van der Waals surface area contributed by atoms with Gasteiger partial charge in [-0.15, -0.1) is 0 Å². The molecule has 118 valence electrons. The van der Waals surface area contributed by atoms with Gasteiger partial charge in [0.15, 0.2) is 0 Å². The molecule has 2 heterocycles. The smallest absolute Gasteiger partial charge is 0.315 e. The van der Waals surface area contributed by atoms with Crippen molar-refractivity contribution in [2.45, 2.75) is 39.3 Å². The standard InChI is InChI=1S/C16H23N5O/c1-3-14(4-2)19-16(22)18-10-12-21-11-7-15(20-21)13-5-8-17-9-6-13/h5-9,11,14H,3-4,10,12H2,1-2H3,(H2,18,19,22). The van der Waals surface area contributed by atoms with E-state index in [1.54, 1.807) is 12.4 Å². The summed E-state index contributed by atoms with van der Waals surface area (Å²) in [6.45, 7) is 5.32. The Kier molecular flexibility index (Phi) is 5.94. The van der Waals surface area contributed by atoms with Crippen molar-refractivity contribution >= 4 is 6.03 Å². The molecule has 0 unspecified atom stereocenters. The number of hydrogen-bond donors (Lipinski definition) is 2. The number of amides is 2. The van der Waals surface area contributed by atoms with Crippen LogP contribution in [-0.2, 0) is 6.54 Å². The van der Waals surface area contributed by atoms with Crippen LogP contribution in [0.15, 0.2) is 36.8 Å². The van der Waals surface area contributed by atoms with Crippen LogP contribution in [0, 0.1) is 0 Å². The molecule has 0 aromatic carbocycles. The van der Waals surface area contributed by atoms with Crippen LogP contribution in [0.1, 0.15) is 26.7 Å². The first-order chi connectivity index (χ1) is 10.7. The zero-order valence-corrected chi connectivity index (χ0v) is 13.1. The van der Waals surface area contributed by atoms with Crippen LogP contribution in [0.4, 0.5) is 4.79 Å². The van der Waals surface area contributed by atoms with Crippen molar-refractivity contribution in [1.29, 1.82) is 0 Å². The summed E-state index contributed by atoms with van der Waals surface area (Å²) < 4.78 is 1.83. The highest BCUT2D eigenvalue weighted by Gasteiger charge is 2.07. The number of aromatic nitrogens is 3. The van der Waals surface area contributed by atoms with Crippen LogP contribution < -0.4 is 10.6 Å². The maximum absolute atomic E-state index is 11.7. The maximum atomic E-state index is 11.7. The predicted molar refractivity (Wildman–Crippen MR) is 86.4 cm³/mol. The van der Waals surface area contributed by atoms with Crippen LogP contribution in [0.3, 0.4) is 0 Å². The minimum atomic E-state index is -0.116. The first kappa shape index (κ1) is 16.0. The molecule has 0 fully saturated rings. The molecule has 0 bridgehead atoms. The Morgan fingerprint density at radius 1 is 1.23 bits per heavy atom. The molecule has 0 aliphatic rings. The van der Waals surface area contributed by atoms with Crippen molar-refractivity contribution in [1.82, 2.24) is 25.4 Å². The molecule has 0 aliphatic heterocycles. The highest BCUT2D eigenvalue weighted by Crippen LogP contribution is 2.14. The topological polar surface area (TPSA) is 71.8 Å². The van der Waals surface area contributed by atoms with Crippen LogP contribution in [0.2, 0.25) is 0 Å². The van der Waals surface area contributed by atoms with E-state index in [-0.39, 0.29) is 12.1 Å². The molecule has 6 nitrogen and oxygen atoms in total. The summed E-state index contributed by atoms with van der Waals surface area (Å²) in [5.74, 6) is 0. The lowest BCUT2D eigenvalue weighted by atomic mass is 10.2. The molecule has 2 aromatic rings. The van der Waals surface area contributed by atoms with Gasteiger partial charge >= 0.3 is 6.03 Å². The summed E-state index contributed by atoms with van der Waals surface area (Å²) in [6, 6.07) is 5.93. The molecule has 2 amide bonds.